The number of hydrogen-bond donors (Lipinski definition) is 2. The SMILES string of the molecule is Cc1cc2nc(CCS(=O)(=O)CC(=O)O)[nH]c2cc1C. The number of imidazole rings is 1. The number of aromatic amines is 1. The fraction of sp³-hybridized carbons (Fsp3) is 0.385. The number of benzene rings is 1. The van der Waals surface area contributed by atoms with Gasteiger partial charge in [-0.05, 0) is 37.1 Å². The molecule has 0 aliphatic heterocycles. The van der Waals surface area contributed by atoms with E-state index in [9.17, 15) is 13.2 Å². The number of carboxylic acid groups (broad SMARTS) is 1. The number of hydrogen-bond acceptors (Lipinski definition) is 4. The predicted molar refractivity (Wildman–Crippen MR) is 75.6 cm³/mol. The van der Waals surface area contributed by atoms with Gasteiger partial charge in [0.1, 0.15) is 11.6 Å². The number of sulfone groups is 1. The van der Waals surface area contributed by atoms with Crippen LogP contribution in [0.1, 0.15) is 17.0 Å². The molecule has 1 aromatic heterocycles. The van der Waals surface area contributed by atoms with Gasteiger partial charge in [-0.1, -0.05) is 0 Å². The minimum Gasteiger partial charge on any atom is -0.480 e. The van der Waals surface area contributed by atoms with E-state index in [1.54, 1.807) is 0 Å². The molecule has 2 rings (SSSR count). The summed E-state index contributed by atoms with van der Waals surface area (Å²) in [5.41, 5.74) is 3.90. The van der Waals surface area contributed by atoms with Crippen molar-refractivity contribution >= 4 is 26.8 Å². The Morgan fingerprint density at radius 3 is 2.60 bits per heavy atom. The summed E-state index contributed by atoms with van der Waals surface area (Å²) in [5.74, 6) is -1.84. The Bertz CT molecular complexity index is 723. The lowest BCUT2D eigenvalue weighted by Crippen LogP contribution is -2.19. The first-order valence-corrected chi connectivity index (χ1v) is 7.97. The minimum atomic E-state index is -3.59. The molecule has 0 aliphatic rings. The first kappa shape index (κ1) is 14.5. The van der Waals surface area contributed by atoms with E-state index in [1.807, 2.05) is 26.0 Å². The lowest BCUT2D eigenvalue weighted by Gasteiger charge is -1.98. The topological polar surface area (TPSA) is 100 Å². The highest BCUT2D eigenvalue weighted by atomic mass is 32.2. The molecule has 0 bridgehead atoms. The molecule has 0 amide bonds. The van der Waals surface area contributed by atoms with Gasteiger partial charge in [-0.2, -0.15) is 0 Å². The molecule has 1 heterocycles. The number of nitrogens with zero attached hydrogens (tertiary/aromatic N) is 1. The van der Waals surface area contributed by atoms with Gasteiger partial charge in [0.15, 0.2) is 9.84 Å². The molecule has 0 atom stereocenters. The number of carbonyl (C=O) groups is 1. The minimum absolute atomic E-state index is 0.183. The monoisotopic (exact) mass is 296 g/mol. The number of aryl methyl sites for hydroxylation is 3. The van der Waals surface area contributed by atoms with E-state index in [2.05, 4.69) is 9.97 Å². The summed E-state index contributed by atoms with van der Waals surface area (Å²) in [6.45, 7) is 3.98. The maximum atomic E-state index is 11.5. The van der Waals surface area contributed by atoms with Crippen LogP contribution in [0, 0.1) is 13.8 Å². The van der Waals surface area contributed by atoms with Crippen LogP contribution in [0.4, 0.5) is 0 Å². The molecule has 1 aromatic carbocycles. The van der Waals surface area contributed by atoms with Crippen molar-refractivity contribution < 1.29 is 18.3 Å². The number of fused-ring (bicyclic) bond motifs is 1. The molecule has 7 heteroatoms. The van der Waals surface area contributed by atoms with Crippen molar-refractivity contribution in [2.45, 2.75) is 20.3 Å². The van der Waals surface area contributed by atoms with E-state index < -0.39 is 21.6 Å². The van der Waals surface area contributed by atoms with E-state index >= 15 is 0 Å². The van der Waals surface area contributed by atoms with Crippen molar-refractivity contribution in [3.63, 3.8) is 0 Å². The highest BCUT2D eigenvalue weighted by Crippen LogP contribution is 2.17. The van der Waals surface area contributed by atoms with E-state index in [4.69, 9.17) is 5.11 Å². The van der Waals surface area contributed by atoms with Gasteiger partial charge in [-0.3, -0.25) is 4.79 Å². The molecule has 0 aliphatic carbocycles. The Kier molecular flexibility index (Phi) is 3.80. The molecule has 20 heavy (non-hydrogen) atoms. The van der Waals surface area contributed by atoms with Gasteiger partial charge in [0, 0.05) is 6.42 Å². The Morgan fingerprint density at radius 1 is 1.30 bits per heavy atom. The second-order valence-corrected chi connectivity index (χ2v) is 7.06. The summed E-state index contributed by atoms with van der Waals surface area (Å²) in [4.78, 5) is 17.8. The maximum absolute atomic E-state index is 11.5. The quantitative estimate of drug-likeness (QED) is 0.864. The van der Waals surface area contributed by atoms with Crippen LogP contribution >= 0.6 is 0 Å². The number of aromatic nitrogens is 2. The number of carboxylic acids is 1. The van der Waals surface area contributed by atoms with E-state index in [-0.39, 0.29) is 12.2 Å². The number of rotatable bonds is 5. The average molecular weight is 296 g/mol. The molecular formula is C13H16N2O4S. The Hall–Kier alpha value is -1.89. The molecule has 2 aromatic rings. The molecule has 0 saturated carbocycles. The summed E-state index contributed by atoms with van der Waals surface area (Å²) >= 11 is 0. The molecule has 0 spiro atoms. The summed E-state index contributed by atoms with van der Waals surface area (Å²) < 4.78 is 23.0. The van der Waals surface area contributed by atoms with Gasteiger partial charge in [0.2, 0.25) is 0 Å². The normalized spacial score (nSPS) is 11.9. The summed E-state index contributed by atoms with van der Waals surface area (Å²) in [5, 5.41) is 8.52. The first-order chi connectivity index (χ1) is 9.27. The van der Waals surface area contributed by atoms with Crippen molar-refractivity contribution in [3.05, 3.63) is 29.1 Å². The predicted octanol–water partition coefficient (Wildman–Crippen LogP) is 1.22. The van der Waals surface area contributed by atoms with Crippen LogP contribution in [0.2, 0.25) is 0 Å². The average Bonchev–Trinajstić information content (AvgIpc) is 2.68. The van der Waals surface area contributed by atoms with Crippen LogP contribution < -0.4 is 0 Å². The molecule has 2 N–H and O–H groups in total. The zero-order valence-electron chi connectivity index (χ0n) is 11.3. The third-order valence-corrected chi connectivity index (χ3v) is 4.65. The van der Waals surface area contributed by atoms with Gasteiger partial charge >= 0.3 is 5.97 Å². The van der Waals surface area contributed by atoms with Gasteiger partial charge < -0.3 is 10.1 Å². The van der Waals surface area contributed by atoms with Crippen LogP contribution in [0.3, 0.4) is 0 Å². The van der Waals surface area contributed by atoms with E-state index in [0.717, 1.165) is 22.2 Å². The molecule has 0 saturated heterocycles. The number of aliphatic carboxylic acids is 1. The van der Waals surface area contributed by atoms with Crippen molar-refractivity contribution in [2.75, 3.05) is 11.5 Å². The lowest BCUT2D eigenvalue weighted by molar-refractivity contribution is -0.134. The highest BCUT2D eigenvalue weighted by molar-refractivity contribution is 7.92. The molecule has 0 fully saturated rings. The number of nitrogens with one attached hydrogen (secondary N) is 1. The van der Waals surface area contributed by atoms with Crippen molar-refractivity contribution in [1.82, 2.24) is 9.97 Å². The fourth-order valence-corrected chi connectivity index (χ4v) is 2.98. The zero-order chi connectivity index (χ0) is 14.9. The van der Waals surface area contributed by atoms with Gasteiger partial charge in [-0.25, -0.2) is 13.4 Å². The summed E-state index contributed by atoms with van der Waals surface area (Å²) in [7, 11) is -3.59. The van der Waals surface area contributed by atoms with Crippen molar-refractivity contribution in [1.29, 1.82) is 0 Å². The fourth-order valence-electron chi connectivity index (χ4n) is 1.95. The van der Waals surface area contributed by atoms with Crippen LogP contribution in [-0.2, 0) is 21.1 Å². The second-order valence-electron chi connectivity index (χ2n) is 4.87. The van der Waals surface area contributed by atoms with E-state index in [1.165, 1.54) is 0 Å². The Labute approximate surface area is 116 Å². The third kappa shape index (κ3) is 3.36. The first-order valence-electron chi connectivity index (χ1n) is 6.15. The molecule has 0 radical (unpaired) electrons. The third-order valence-electron chi connectivity index (χ3n) is 3.14. The molecular weight excluding hydrogens is 280 g/mol. The van der Waals surface area contributed by atoms with Crippen LogP contribution in [0.5, 0.6) is 0 Å². The molecule has 6 nitrogen and oxygen atoms in total. The second kappa shape index (κ2) is 5.24. The molecule has 0 unspecified atom stereocenters. The zero-order valence-corrected chi connectivity index (χ0v) is 12.1. The van der Waals surface area contributed by atoms with Crippen molar-refractivity contribution in [3.8, 4) is 0 Å². The van der Waals surface area contributed by atoms with Crippen LogP contribution in [-0.4, -0.2) is 41.0 Å². The highest BCUT2D eigenvalue weighted by Gasteiger charge is 2.16. The van der Waals surface area contributed by atoms with Gasteiger partial charge in [0.05, 0.1) is 16.8 Å². The van der Waals surface area contributed by atoms with Crippen LogP contribution in [0.15, 0.2) is 12.1 Å². The smallest absolute Gasteiger partial charge is 0.318 e. The lowest BCUT2D eigenvalue weighted by atomic mass is 10.1. The maximum Gasteiger partial charge on any atom is 0.318 e. The standard InChI is InChI=1S/C13H16N2O4S/c1-8-5-10-11(6-9(8)2)15-12(14-10)3-4-20(18,19)7-13(16)17/h5-6H,3-4,7H2,1-2H3,(H,14,15)(H,16,17). The van der Waals surface area contributed by atoms with Gasteiger partial charge in [-0.15, -0.1) is 0 Å². The van der Waals surface area contributed by atoms with Crippen molar-refractivity contribution in [2.24, 2.45) is 0 Å². The Morgan fingerprint density at radius 2 is 1.95 bits per heavy atom. The van der Waals surface area contributed by atoms with Crippen LogP contribution in [0.25, 0.3) is 11.0 Å². The largest absolute Gasteiger partial charge is 0.480 e. The van der Waals surface area contributed by atoms with E-state index in [0.29, 0.717) is 5.82 Å². The number of H-pyrrole nitrogens is 1. The summed E-state index contributed by atoms with van der Waals surface area (Å²) in [6.07, 6.45) is 0.183. The summed E-state index contributed by atoms with van der Waals surface area (Å²) in [6, 6.07) is 3.91. The Balaban J connectivity index is 2.17. The van der Waals surface area contributed by atoms with Gasteiger partial charge in [0.25, 0.3) is 0 Å². The molecule has 108 valence electrons.